The van der Waals surface area contributed by atoms with E-state index < -0.39 is 8.32 Å². The minimum absolute atomic E-state index is 0.0744. The molecule has 120 valence electrons. The highest BCUT2D eigenvalue weighted by Gasteiger charge is 2.46. The fourth-order valence-corrected chi connectivity index (χ4v) is 3.18. The second-order valence-electron chi connectivity index (χ2n) is 6.87. The molecule has 1 fully saturated rings. The molecule has 0 aromatic rings. The summed E-state index contributed by atoms with van der Waals surface area (Å²) < 4.78 is 22.9. The van der Waals surface area contributed by atoms with Crippen LogP contribution in [0.1, 0.15) is 20.8 Å². The molecule has 20 heavy (non-hydrogen) atoms. The molecule has 0 unspecified atom stereocenters. The summed E-state index contributed by atoms with van der Waals surface area (Å²) in [7, 11) is 1.43. The third-order valence-electron chi connectivity index (χ3n) is 4.55. The maximum atomic E-state index is 9.36. The van der Waals surface area contributed by atoms with E-state index in [1.54, 1.807) is 14.2 Å². The molecule has 0 saturated carbocycles. The van der Waals surface area contributed by atoms with Crippen molar-refractivity contribution in [3.05, 3.63) is 0 Å². The van der Waals surface area contributed by atoms with Gasteiger partial charge in [0.25, 0.3) is 0 Å². The molecule has 6 heteroatoms. The zero-order valence-electron chi connectivity index (χ0n) is 13.8. The fourth-order valence-electron chi connectivity index (χ4n) is 2.16. The number of hydrogen-bond acceptors (Lipinski definition) is 5. The molecule has 0 bridgehead atoms. The van der Waals surface area contributed by atoms with E-state index in [0.717, 1.165) is 0 Å². The highest BCUT2D eigenvalue weighted by atomic mass is 28.4. The number of aliphatic hydroxyl groups excluding tert-OH is 1. The van der Waals surface area contributed by atoms with Gasteiger partial charge in [0.05, 0.1) is 13.2 Å². The molecule has 1 aliphatic heterocycles. The van der Waals surface area contributed by atoms with Gasteiger partial charge in [-0.05, 0) is 18.1 Å². The van der Waals surface area contributed by atoms with E-state index in [1.807, 2.05) is 0 Å². The largest absolute Gasteiger partial charge is 0.414 e. The average Bonchev–Trinajstić information content (AvgIpc) is 2.71. The third-order valence-corrected chi connectivity index (χ3v) is 9.05. The van der Waals surface area contributed by atoms with E-state index in [-0.39, 0.29) is 36.1 Å². The van der Waals surface area contributed by atoms with Crippen LogP contribution in [0.4, 0.5) is 0 Å². The van der Waals surface area contributed by atoms with Crippen molar-refractivity contribution in [1.29, 1.82) is 0 Å². The number of rotatable bonds is 6. The molecule has 0 spiro atoms. The first-order valence-corrected chi connectivity index (χ1v) is 10.0. The zero-order valence-corrected chi connectivity index (χ0v) is 14.8. The van der Waals surface area contributed by atoms with Crippen LogP contribution in [-0.4, -0.2) is 65.3 Å². The maximum Gasteiger partial charge on any atom is 0.192 e. The first-order valence-electron chi connectivity index (χ1n) is 7.13. The predicted octanol–water partition coefficient (Wildman–Crippen LogP) is 1.80. The van der Waals surface area contributed by atoms with Gasteiger partial charge in [-0.2, -0.15) is 0 Å². The highest BCUT2D eigenvalue weighted by Crippen LogP contribution is 2.37. The van der Waals surface area contributed by atoms with Crippen molar-refractivity contribution in [2.24, 2.45) is 0 Å². The summed E-state index contributed by atoms with van der Waals surface area (Å²) in [5.74, 6) is 0. The molecule has 5 nitrogen and oxygen atoms in total. The molecule has 0 aromatic heterocycles. The molecule has 1 rings (SSSR count). The Bertz CT molecular complexity index is 302. The van der Waals surface area contributed by atoms with Gasteiger partial charge < -0.3 is 23.7 Å². The van der Waals surface area contributed by atoms with Crippen LogP contribution in [-0.2, 0) is 18.6 Å². The first-order chi connectivity index (χ1) is 9.17. The number of ether oxygens (including phenoxy) is 3. The molecule has 1 saturated heterocycles. The van der Waals surface area contributed by atoms with Crippen molar-refractivity contribution in [2.45, 2.75) is 63.3 Å². The summed E-state index contributed by atoms with van der Waals surface area (Å²) in [5, 5.41) is 9.52. The Hall–Kier alpha value is 0.0169. The van der Waals surface area contributed by atoms with Gasteiger partial charge in [0, 0.05) is 14.2 Å². The number of aliphatic hydroxyl groups is 1. The Morgan fingerprint density at radius 2 is 1.55 bits per heavy atom. The minimum atomic E-state index is -1.82. The van der Waals surface area contributed by atoms with E-state index in [4.69, 9.17) is 18.6 Å². The fraction of sp³-hybridized carbons (Fsp3) is 1.00. The van der Waals surface area contributed by atoms with E-state index in [9.17, 15) is 5.11 Å². The number of hydrogen-bond donors (Lipinski definition) is 1. The maximum absolute atomic E-state index is 9.36. The van der Waals surface area contributed by atoms with Gasteiger partial charge in [0.2, 0.25) is 0 Å². The molecular weight excluding hydrogens is 276 g/mol. The van der Waals surface area contributed by atoms with Gasteiger partial charge >= 0.3 is 0 Å². The molecule has 1 heterocycles. The van der Waals surface area contributed by atoms with E-state index in [2.05, 4.69) is 33.9 Å². The lowest BCUT2D eigenvalue weighted by atomic mass is 10.1. The van der Waals surface area contributed by atoms with Crippen LogP contribution in [0, 0.1) is 0 Å². The van der Waals surface area contributed by atoms with E-state index in [1.165, 1.54) is 0 Å². The van der Waals surface area contributed by atoms with Gasteiger partial charge in [-0.15, -0.1) is 0 Å². The van der Waals surface area contributed by atoms with Crippen LogP contribution in [0.25, 0.3) is 0 Å². The summed E-state index contributed by atoms with van der Waals surface area (Å²) >= 11 is 0. The van der Waals surface area contributed by atoms with Crippen molar-refractivity contribution in [2.75, 3.05) is 27.4 Å². The summed E-state index contributed by atoms with van der Waals surface area (Å²) in [5.41, 5.74) is 0. The molecular formula is C14H30O5Si. The Balaban J connectivity index is 2.68. The van der Waals surface area contributed by atoms with Crippen LogP contribution in [0.2, 0.25) is 18.1 Å². The topological polar surface area (TPSA) is 57.2 Å². The summed E-state index contributed by atoms with van der Waals surface area (Å²) in [4.78, 5) is 0. The molecule has 1 N–H and O–H groups in total. The quantitative estimate of drug-likeness (QED) is 0.758. The Labute approximate surface area is 123 Å². The van der Waals surface area contributed by atoms with Crippen molar-refractivity contribution >= 4 is 8.32 Å². The lowest BCUT2D eigenvalue weighted by molar-refractivity contribution is -0.0434. The summed E-state index contributed by atoms with van der Waals surface area (Å²) in [6, 6.07) is 0. The highest BCUT2D eigenvalue weighted by molar-refractivity contribution is 6.74. The Kier molecular flexibility index (Phi) is 6.19. The number of methoxy groups -OCH3 is 2. The average molecular weight is 306 g/mol. The Morgan fingerprint density at radius 3 is 1.95 bits per heavy atom. The second-order valence-corrected chi connectivity index (χ2v) is 11.7. The van der Waals surface area contributed by atoms with Crippen molar-refractivity contribution in [3.63, 3.8) is 0 Å². The van der Waals surface area contributed by atoms with Crippen LogP contribution >= 0.6 is 0 Å². The molecule has 0 radical (unpaired) electrons. The van der Waals surface area contributed by atoms with Crippen molar-refractivity contribution in [3.8, 4) is 0 Å². The third kappa shape index (κ3) is 3.81. The van der Waals surface area contributed by atoms with Gasteiger partial charge in [-0.3, -0.25) is 0 Å². The van der Waals surface area contributed by atoms with Gasteiger partial charge in [0.1, 0.15) is 24.4 Å². The second kappa shape index (κ2) is 6.85. The lowest BCUT2D eigenvalue weighted by Crippen LogP contribution is -2.45. The molecule has 4 atom stereocenters. The van der Waals surface area contributed by atoms with Crippen LogP contribution < -0.4 is 0 Å². The summed E-state index contributed by atoms with van der Waals surface area (Å²) in [6.45, 7) is 11.4. The first kappa shape index (κ1) is 18.1. The van der Waals surface area contributed by atoms with Gasteiger partial charge in [-0.25, -0.2) is 0 Å². The van der Waals surface area contributed by atoms with Crippen LogP contribution in [0.5, 0.6) is 0 Å². The smallest absolute Gasteiger partial charge is 0.192 e. The standard InChI is InChI=1S/C14H30O5Si/c1-14(2,3)20(6,7)18-9-11-13(17-5)12(16-4)10(8-15)19-11/h10-13,15H,8-9H2,1-7H3/t10-,11-,12+,13-/m1/s1. The van der Waals surface area contributed by atoms with E-state index >= 15 is 0 Å². The molecule has 0 aromatic carbocycles. The van der Waals surface area contributed by atoms with Gasteiger partial charge in [-0.1, -0.05) is 20.8 Å². The zero-order chi connectivity index (χ0) is 15.6. The molecule has 0 aliphatic carbocycles. The van der Waals surface area contributed by atoms with Crippen molar-refractivity contribution in [1.82, 2.24) is 0 Å². The molecule has 0 amide bonds. The monoisotopic (exact) mass is 306 g/mol. The summed E-state index contributed by atoms with van der Waals surface area (Å²) in [6.07, 6.45) is -1.01. The minimum Gasteiger partial charge on any atom is -0.414 e. The predicted molar refractivity (Wildman–Crippen MR) is 80.5 cm³/mol. The van der Waals surface area contributed by atoms with Gasteiger partial charge in [0.15, 0.2) is 8.32 Å². The SMILES string of the molecule is CO[C@@H]1[C@H](OC)[C@@H](CO[Si](C)(C)C(C)(C)C)O[C@@H]1CO. The molecule has 1 aliphatic rings. The Morgan fingerprint density at radius 1 is 1.05 bits per heavy atom. The van der Waals surface area contributed by atoms with Crippen LogP contribution in [0.15, 0.2) is 0 Å². The van der Waals surface area contributed by atoms with Crippen molar-refractivity contribution < 1.29 is 23.7 Å². The van der Waals surface area contributed by atoms with Crippen LogP contribution in [0.3, 0.4) is 0 Å². The lowest BCUT2D eigenvalue weighted by Gasteiger charge is -2.37. The normalized spacial score (nSPS) is 31.8. The van der Waals surface area contributed by atoms with E-state index in [0.29, 0.717) is 6.61 Å².